The minimum absolute atomic E-state index is 0.0271. The van der Waals surface area contributed by atoms with E-state index in [1.807, 2.05) is 49.4 Å². The van der Waals surface area contributed by atoms with Gasteiger partial charge in [0.1, 0.15) is 5.75 Å². The summed E-state index contributed by atoms with van der Waals surface area (Å²) in [6, 6.07) is 30.1. The van der Waals surface area contributed by atoms with E-state index in [2.05, 4.69) is 43.4 Å². The maximum Gasteiger partial charge on any atom is 0.273 e. The zero-order valence-electron chi connectivity index (χ0n) is 24.0. The van der Waals surface area contributed by atoms with Gasteiger partial charge in [-0.3, -0.25) is 9.10 Å². The molecule has 0 unspecified atom stereocenters. The molecule has 41 heavy (non-hydrogen) atoms. The summed E-state index contributed by atoms with van der Waals surface area (Å²) < 4.78 is 34.4. The van der Waals surface area contributed by atoms with Gasteiger partial charge in [0.05, 0.1) is 35.5 Å². The molecule has 4 rings (SSSR count). The van der Waals surface area contributed by atoms with Gasteiger partial charge >= 0.3 is 0 Å². The number of benzene rings is 4. The highest BCUT2D eigenvalue weighted by molar-refractivity contribution is 7.92. The smallest absolute Gasteiger partial charge is 0.273 e. The van der Waals surface area contributed by atoms with Crippen LogP contribution in [0.4, 0.5) is 5.69 Å². The highest BCUT2D eigenvalue weighted by Gasteiger charge is 2.29. The Hall–Kier alpha value is -4.43. The van der Waals surface area contributed by atoms with E-state index in [0.717, 1.165) is 11.1 Å². The zero-order chi connectivity index (χ0) is 29.6. The number of sulfonamides is 1. The molecule has 0 radical (unpaired) electrons. The lowest BCUT2D eigenvalue weighted by Gasteiger charge is -2.26. The summed E-state index contributed by atoms with van der Waals surface area (Å²) in [4.78, 5) is 13.5. The number of ether oxygens (including phenoxy) is 1. The Labute approximate surface area is 242 Å². The van der Waals surface area contributed by atoms with E-state index in [1.165, 1.54) is 29.1 Å². The first-order valence-corrected chi connectivity index (χ1v) is 14.7. The maximum atomic E-state index is 14.0. The molecule has 0 aliphatic heterocycles. The number of carbonyl (C=O) groups excluding carboxylic acids is 1. The summed E-state index contributed by atoms with van der Waals surface area (Å²) in [5.41, 5.74) is 6.54. The van der Waals surface area contributed by atoms with Crippen LogP contribution in [0.5, 0.6) is 5.75 Å². The number of methoxy groups -OCH3 is 1. The van der Waals surface area contributed by atoms with Gasteiger partial charge in [-0.15, -0.1) is 0 Å². The fourth-order valence-electron chi connectivity index (χ4n) is 4.28. The van der Waals surface area contributed by atoms with Gasteiger partial charge in [-0.1, -0.05) is 87.5 Å². The third kappa shape index (κ3) is 7.02. The second-order valence-electron chi connectivity index (χ2n) is 10.7. The first-order valence-electron chi connectivity index (χ1n) is 13.3. The van der Waals surface area contributed by atoms with E-state index in [1.54, 1.807) is 36.4 Å². The van der Waals surface area contributed by atoms with Crippen molar-refractivity contribution in [2.45, 2.75) is 44.6 Å². The van der Waals surface area contributed by atoms with Crippen LogP contribution in [0.1, 0.15) is 54.7 Å². The summed E-state index contributed by atoms with van der Waals surface area (Å²) in [5.74, 6) is 0.0221. The molecule has 1 N–H and O–H groups in total. The lowest BCUT2D eigenvalue weighted by atomic mass is 9.86. The number of para-hydroxylation sites is 1. The molecule has 212 valence electrons. The molecule has 1 amide bonds. The summed E-state index contributed by atoms with van der Waals surface area (Å²) in [5, 5.41) is 4.32. The Morgan fingerprint density at radius 3 is 2.07 bits per heavy atom. The third-order valence-corrected chi connectivity index (χ3v) is 8.50. The SMILES string of the molecule is COc1ccc(S(=O)(=O)N(Cc2ccccc2)c2ccccc2C(=O)N/N=C(\C)c2ccc(C(C)(C)C)cc2)cc1. The van der Waals surface area contributed by atoms with Crippen LogP contribution in [0.2, 0.25) is 0 Å². The van der Waals surface area contributed by atoms with E-state index in [-0.39, 0.29) is 28.1 Å². The van der Waals surface area contributed by atoms with Crippen molar-refractivity contribution in [3.63, 3.8) is 0 Å². The van der Waals surface area contributed by atoms with Crippen molar-refractivity contribution in [1.82, 2.24) is 5.43 Å². The monoisotopic (exact) mass is 569 g/mol. The van der Waals surface area contributed by atoms with Gasteiger partial charge in [0.2, 0.25) is 0 Å². The number of hydrogen-bond acceptors (Lipinski definition) is 5. The van der Waals surface area contributed by atoms with Gasteiger partial charge in [-0.05, 0) is 65.4 Å². The van der Waals surface area contributed by atoms with Crippen LogP contribution in [-0.4, -0.2) is 27.1 Å². The molecule has 0 aromatic heterocycles. The van der Waals surface area contributed by atoms with Crippen LogP contribution in [0, 0.1) is 0 Å². The Bertz CT molecular complexity index is 1620. The van der Waals surface area contributed by atoms with Crippen molar-refractivity contribution in [1.29, 1.82) is 0 Å². The first kappa shape index (κ1) is 29.6. The van der Waals surface area contributed by atoms with Gasteiger partial charge in [0, 0.05) is 0 Å². The highest BCUT2D eigenvalue weighted by Crippen LogP contribution is 2.30. The molecule has 8 heteroatoms. The summed E-state index contributed by atoms with van der Waals surface area (Å²) >= 11 is 0. The van der Waals surface area contributed by atoms with Crippen molar-refractivity contribution >= 4 is 27.3 Å². The lowest BCUT2D eigenvalue weighted by Crippen LogP contribution is -2.33. The average molecular weight is 570 g/mol. The van der Waals surface area contributed by atoms with Crippen LogP contribution >= 0.6 is 0 Å². The molecule has 0 aliphatic carbocycles. The number of nitrogens with zero attached hydrogens (tertiary/aromatic N) is 2. The number of hydrogen-bond donors (Lipinski definition) is 1. The van der Waals surface area contributed by atoms with E-state index in [4.69, 9.17) is 4.74 Å². The second-order valence-corrected chi connectivity index (χ2v) is 12.5. The van der Waals surface area contributed by atoms with E-state index in [9.17, 15) is 13.2 Å². The highest BCUT2D eigenvalue weighted by atomic mass is 32.2. The normalized spacial score (nSPS) is 12.1. The molecule has 0 saturated heterocycles. The van der Waals surface area contributed by atoms with Crippen molar-refractivity contribution in [3.8, 4) is 5.75 Å². The van der Waals surface area contributed by atoms with Crippen LogP contribution in [0.15, 0.2) is 113 Å². The summed E-state index contributed by atoms with van der Waals surface area (Å²) in [6.07, 6.45) is 0. The zero-order valence-corrected chi connectivity index (χ0v) is 24.8. The standard InChI is InChI=1S/C33H35N3O4S/c1-24(26-15-17-27(18-16-26)33(2,3)4)34-35-32(37)30-13-9-10-14-31(30)36(23-25-11-7-6-8-12-25)41(38,39)29-21-19-28(40-5)20-22-29/h6-22H,23H2,1-5H3,(H,35,37)/b34-24+. The molecule has 0 atom stereocenters. The molecule has 4 aromatic rings. The van der Waals surface area contributed by atoms with Gasteiger partial charge in [-0.25, -0.2) is 13.8 Å². The Balaban J connectivity index is 1.68. The predicted octanol–water partition coefficient (Wildman–Crippen LogP) is 6.54. The average Bonchev–Trinajstić information content (AvgIpc) is 2.98. The number of carbonyl (C=O) groups is 1. The molecular weight excluding hydrogens is 534 g/mol. The Morgan fingerprint density at radius 2 is 1.46 bits per heavy atom. The topological polar surface area (TPSA) is 88.1 Å². The fraction of sp³-hybridized carbons (Fsp3) is 0.212. The van der Waals surface area contributed by atoms with Crippen molar-refractivity contribution in [2.75, 3.05) is 11.4 Å². The molecule has 0 saturated carbocycles. The molecule has 0 spiro atoms. The van der Waals surface area contributed by atoms with Gasteiger partial charge in [0.25, 0.3) is 15.9 Å². The summed E-state index contributed by atoms with van der Waals surface area (Å²) in [7, 11) is -2.54. The molecule has 4 aromatic carbocycles. The quantitative estimate of drug-likeness (QED) is 0.183. The first-order chi connectivity index (χ1) is 19.5. The Kier molecular flexibility index (Phi) is 8.93. The lowest BCUT2D eigenvalue weighted by molar-refractivity contribution is 0.0955. The molecular formula is C33H35N3O4S. The van der Waals surface area contributed by atoms with Crippen molar-refractivity contribution < 1.29 is 17.9 Å². The number of amides is 1. The minimum atomic E-state index is -4.06. The van der Waals surface area contributed by atoms with Gasteiger partial charge in [-0.2, -0.15) is 5.10 Å². The molecule has 7 nitrogen and oxygen atoms in total. The fourth-order valence-corrected chi connectivity index (χ4v) is 5.75. The summed E-state index contributed by atoms with van der Waals surface area (Å²) in [6.45, 7) is 8.29. The number of anilines is 1. The van der Waals surface area contributed by atoms with Crippen LogP contribution in [0.3, 0.4) is 0 Å². The molecule has 0 bridgehead atoms. The van der Waals surface area contributed by atoms with Crippen LogP contribution in [-0.2, 0) is 22.0 Å². The second kappa shape index (κ2) is 12.4. The van der Waals surface area contributed by atoms with Crippen LogP contribution < -0.4 is 14.5 Å². The van der Waals surface area contributed by atoms with Gasteiger partial charge in [0.15, 0.2) is 0 Å². The number of hydrazone groups is 1. The van der Waals surface area contributed by atoms with E-state index < -0.39 is 15.9 Å². The van der Waals surface area contributed by atoms with Crippen LogP contribution in [0.25, 0.3) is 0 Å². The number of nitrogens with one attached hydrogen (secondary N) is 1. The van der Waals surface area contributed by atoms with E-state index in [0.29, 0.717) is 11.5 Å². The Morgan fingerprint density at radius 1 is 0.854 bits per heavy atom. The third-order valence-electron chi connectivity index (χ3n) is 6.73. The molecule has 0 fully saturated rings. The van der Waals surface area contributed by atoms with Crippen molar-refractivity contribution in [2.24, 2.45) is 5.10 Å². The minimum Gasteiger partial charge on any atom is -0.497 e. The number of rotatable bonds is 9. The van der Waals surface area contributed by atoms with E-state index >= 15 is 0 Å². The predicted molar refractivity (Wildman–Crippen MR) is 164 cm³/mol. The van der Waals surface area contributed by atoms with Gasteiger partial charge < -0.3 is 4.74 Å². The van der Waals surface area contributed by atoms with Crippen molar-refractivity contribution in [3.05, 3.63) is 125 Å². The maximum absolute atomic E-state index is 14.0. The molecule has 0 aliphatic rings. The molecule has 0 heterocycles. The largest absolute Gasteiger partial charge is 0.497 e.